The summed E-state index contributed by atoms with van der Waals surface area (Å²) in [7, 11) is 0. The van der Waals surface area contributed by atoms with E-state index in [1.165, 1.54) is 22.7 Å². The van der Waals surface area contributed by atoms with Crippen molar-refractivity contribution in [2.75, 3.05) is 19.6 Å². The van der Waals surface area contributed by atoms with Gasteiger partial charge in [0.1, 0.15) is 18.6 Å². The molecular weight excluding hydrogens is 590 g/mol. The highest BCUT2D eigenvalue weighted by Crippen LogP contribution is 2.41. The first-order valence-electron chi connectivity index (χ1n) is 14.4. The number of thiophene rings is 2. The van der Waals surface area contributed by atoms with Crippen LogP contribution in [0.15, 0.2) is 12.1 Å². The molecule has 0 spiro atoms. The number of aryl methyl sites for hydroxylation is 4. The summed E-state index contributed by atoms with van der Waals surface area (Å²) < 4.78 is 0. The number of aliphatic carboxylic acids is 1. The number of hydrogen-bond donors (Lipinski definition) is 5. The number of carboxylic acid groups (broad SMARTS) is 1. The fourth-order valence-electron chi connectivity index (χ4n) is 5.15. The van der Waals surface area contributed by atoms with Gasteiger partial charge in [0.15, 0.2) is 0 Å². The summed E-state index contributed by atoms with van der Waals surface area (Å²) in [6, 6.07) is 1.54. The normalized spacial score (nSPS) is 14.8. The number of carbonyl (C=O) groups is 5. The molecule has 3 rings (SSSR count). The molecule has 2 aromatic rings. The lowest BCUT2D eigenvalue weighted by Crippen LogP contribution is -2.53. The minimum atomic E-state index is -1.19. The van der Waals surface area contributed by atoms with Crippen LogP contribution in [-0.2, 0) is 24.0 Å². The molecule has 2 atom stereocenters. The second-order valence-corrected chi connectivity index (χ2v) is 13.6. The predicted molar refractivity (Wildman–Crippen MR) is 168 cm³/mol. The molecule has 0 aliphatic carbocycles. The number of hydrogen-bond acceptors (Lipinski definition) is 9. The number of imide groups is 1. The van der Waals surface area contributed by atoms with Gasteiger partial charge in [-0.25, -0.2) is 4.79 Å². The number of carboxylic acids is 1. The van der Waals surface area contributed by atoms with Gasteiger partial charge in [0, 0.05) is 30.6 Å². The third-order valence-electron chi connectivity index (χ3n) is 7.25. The van der Waals surface area contributed by atoms with Crippen LogP contribution in [0.3, 0.4) is 0 Å². The molecule has 2 aromatic heterocycles. The molecule has 0 fully saturated rings. The van der Waals surface area contributed by atoms with Crippen LogP contribution in [-0.4, -0.2) is 71.3 Å². The van der Waals surface area contributed by atoms with Crippen molar-refractivity contribution in [1.82, 2.24) is 15.5 Å². The minimum absolute atomic E-state index is 0.193. The molecule has 3 heterocycles. The number of nitrogens with two attached hydrogens (primary N) is 2. The van der Waals surface area contributed by atoms with Gasteiger partial charge < -0.3 is 27.2 Å². The van der Waals surface area contributed by atoms with Gasteiger partial charge in [-0.2, -0.15) is 0 Å². The second kappa shape index (κ2) is 15.4. The van der Waals surface area contributed by atoms with E-state index >= 15 is 0 Å². The van der Waals surface area contributed by atoms with Crippen molar-refractivity contribution in [3.05, 3.63) is 42.8 Å². The van der Waals surface area contributed by atoms with Crippen LogP contribution in [0.4, 0.5) is 0 Å². The number of nitrogens with one attached hydrogen (secondary N) is 2. The summed E-state index contributed by atoms with van der Waals surface area (Å²) in [5.41, 5.74) is 13.0. The average Bonchev–Trinajstić information content (AvgIpc) is 3.53. The Kier molecular flexibility index (Phi) is 12.2. The summed E-state index contributed by atoms with van der Waals surface area (Å²) in [6.45, 7) is 7.84. The smallest absolute Gasteiger partial charge is 0.326 e. The Morgan fingerprint density at radius 1 is 0.791 bits per heavy atom. The fourth-order valence-corrected chi connectivity index (χ4v) is 7.01. The van der Waals surface area contributed by atoms with E-state index in [0.29, 0.717) is 49.9 Å². The Morgan fingerprint density at radius 2 is 1.26 bits per heavy atom. The quantitative estimate of drug-likeness (QED) is 0.138. The molecule has 1 aliphatic rings. The Hall–Kier alpha value is -3.39. The van der Waals surface area contributed by atoms with Crippen LogP contribution in [0.25, 0.3) is 11.1 Å². The molecule has 7 N–H and O–H groups in total. The second-order valence-electron chi connectivity index (χ2n) is 10.7. The Balaban J connectivity index is 1.84. The lowest BCUT2D eigenvalue weighted by atomic mass is 9.97. The summed E-state index contributed by atoms with van der Waals surface area (Å²) in [4.78, 5) is 70.4. The van der Waals surface area contributed by atoms with E-state index in [0.717, 1.165) is 24.4 Å². The van der Waals surface area contributed by atoms with Crippen LogP contribution in [0.2, 0.25) is 0 Å². The number of amides is 4. The zero-order valence-corrected chi connectivity index (χ0v) is 26.7. The van der Waals surface area contributed by atoms with Crippen molar-refractivity contribution in [1.29, 1.82) is 0 Å². The topological polar surface area (TPSA) is 185 Å². The molecule has 1 aliphatic heterocycles. The Morgan fingerprint density at radius 3 is 1.65 bits per heavy atom. The average molecular weight is 632 g/mol. The number of rotatable bonds is 16. The number of carbonyl (C=O) groups excluding carboxylic acids is 4. The van der Waals surface area contributed by atoms with Gasteiger partial charge in [-0.3, -0.25) is 24.1 Å². The summed E-state index contributed by atoms with van der Waals surface area (Å²) >= 11 is 3.04. The fraction of sp³-hybridized carbons (Fsp3) is 0.500. The maximum Gasteiger partial charge on any atom is 0.326 e. The van der Waals surface area contributed by atoms with Crippen molar-refractivity contribution in [2.24, 2.45) is 11.5 Å². The maximum atomic E-state index is 13.8. The lowest BCUT2D eigenvalue weighted by molar-refractivity contribution is -0.143. The molecule has 0 unspecified atom stereocenters. The molecule has 13 heteroatoms. The summed E-state index contributed by atoms with van der Waals surface area (Å²) in [5.74, 6) is -3.70. The molecule has 43 heavy (non-hydrogen) atoms. The molecule has 4 amide bonds. The number of unbranched alkanes of at least 4 members (excludes halogenated alkanes) is 2. The molecule has 0 radical (unpaired) electrons. The van der Waals surface area contributed by atoms with Crippen LogP contribution >= 0.6 is 22.7 Å². The largest absolute Gasteiger partial charge is 0.480 e. The first-order valence-corrected chi connectivity index (χ1v) is 16.0. The molecule has 234 valence electrons. The highest BCUT2D eigenvalue weighted by atomic mass is 32.1. The first kappa shape index (κ1) is 34.1. The SMILES string of the molecule is Cc1cc(C2=C(c3cc(C)sc3C)C(=O)N(CC(=O)N[C@@H](CCCCN)C(=O)N[C@@H](CCCCN)C(=O)O)C2=O)c(C)s1. The standard InChI is InChI=1S/C30H41N5O6S2/c1-16-13-20(18(3)42-16)25-26(21-14-17(2)43-19(21)4)29(39)35(28(25)38)15-24(36)33-22(9-5-7-11-31)27(37)34-23(30(40)41)10-6-8-12-32/h13-14,22-23H,5-12,15,31-32H2,1-4H3,(H,33,36)(H,34,37)(H,40,41)/t22-,23-/m0/s1. The predicted octanol–water partition coefficient (Wildman–Crippen LogP) is 2.64. The highest BCUT2D eigenvalue weighted by Gasteiger charge is 2.42. The van der Waals surface area contributed by atoms with Gasteiger partial charge in [-0.1, -0.05) is 0 Å². The van der Waals surface area contributed by atoms with Gasteiger partial charge in [0.05, 0.1) is 11.1 Å². The summed E-state index contributed by atoms with van der Waals surface area (Å²) in [5, 5.41) is 14.7. The first-order chi connectivity index (χ1) is 20.4. The third kappa shape index (κ3) is 8.37. The van der Waals surface area contributed by atoms with Crippen molar-refractivity contribution >= 4 is 63.4 Å². The van der Waals surface area contributed by atoms with Gasteiger partial charge in [0.2, 0.25) is 11.8 Å². The zero-order chi connectivity index (χ0) is 31.8. The van der Waals surface area contributed by atoms with E-state index in [1.54, 1.807) is 0 Å². The molecule has 0 saturated heterocycles. The van der Waals surface area contributed by atoms with E-state index < -0.39 is 48.2 Å². The van der Waals surface area contributed by atoms with Crippen molar-refractivity contribution in [3.8, 4) is 0 Å². The monoisotopic (exact) mass is 631 g/mol. The molecule has 11 nitrogen and oxygen atoms in total. The lowest BCUT2D eigenvalue weighted by Gasteiger charge is -2.23. The van der Waals surface area contributed by atoms with Crippen LogP contribution in [0.1, 0.15) is 69.2 Å². The van der Waals surface area contributed by atoms with Crippen LogP contribution in [0.5, 0.6) is 0 Å². The Bertz CT molecular complexity index is 1340. The van der Waals surface area contributed by atoms with Crippen molar-refractivity contribution < 1.29 is 29.1 Å². The molecular formula is C30H41N5O6S2. The Labute approximate surface area is 259 Å². The third-order valence-corrected chi connectivity index (χ3v) is 9.18. The molecule has 0 bridgehead atoms. The zero-order valence-electron chi connectivity index (χ0n) is 25.1. The van der Waals surface area contributed by atoms with Gasteiger partial charge in [-0.15, -0.1) is 22.7 Å². The van der Waals surface area contributed by atoms with Gasteiger partial charge >= 0.3 is 5.97 Å². The van der Waals surface area contributed by atoms with Gasteiger partial charge in [-0.05, 0) is 91.4 Å². The van der Waals surface area contributed by atoms with Crippen molar-refractivity contribution in [3.63, 3.8) is 0 Å². The molecule has 0 saturated carbocycles. The van der Waals surface area contributed by atoms with E-state index in [2.05, 4.69) is 10.6 Å². The maximum absolute atomic E-state index is 13.8. The van der Waals surface area contributed by atoms with Crippen LogP contribution in [0, 0.1) is 27.7 Å². The minimum Gasteiger partial charge on any atom is -0.480 e. The van der Waals surface area contributed by atoms with Gasteiger partial charge in [0.25, 0.3) is 11.8 Å². The highest BCUT2D eigenvalue weighted by molar-refractivity contribution is 7.12. The van der Waals surface area contributed by atoms with E-state index in [4.69, 9.17) is 11.5 Å². The van der Waals surface area contributed by atoms with E-state index in [1.807, 2.05) is 39.8 Å². The number of nitrogens with zero attached hydrogens (tertiary/aromatic N) is 1. The van der Waals surface area contributed by atoms with E-state index in [-0.39, 0.29) is 24.0 Å². The summed E-state index contributed by atoms with van der Waals surface area (Å²) in [6.07, 6.45) is 2.63. The van der Waals surface area contributed by atoms with Crippen molar-refractivity contribution in [2.45, 2.75) is 78.3 Å². The van der Waals surface area contributed by atoms with E-state index in [9.17, 15) is 29.1 Å². The van der Waals surface area contributed by atoms with Crippen LogP contribution < -0.4 is 22.1 Å². The molecule has 0 aromatic carbocycles.